The van der Waals surface area contributed by atoms with Gasteiger partial charge in [0.2, 0.25) is 5.91 Å². The van der Waals surface area contributed by atoms with Crippen LogP contribution in [0.25, 0.3) is 0 Å². The molecule has 0 bridgehead atoms. The van der Waals surface area contributed by atoms with E-state index in [0.29, 0.717) is 39.6 Å². The zero-order valence-corrected chi connectivity index (χ0v) is 23.3. The number of amides is 1. The molecule has 0 N–H and O–H groups in total. The molecule has 0 radical (unpaired) electrons. The van der Waals surface area contributed by atoms with Gasteiger partial charge in [-0.1, -0.05) is 91.0 Å². The predicted molar refractivity (Wildman–Crippen MR) is 151 cm³/mol. The molecule has 2 fully saturated rings. The van der Waals surface area contributed by atoms with Crippen molar-refractivity contribution in [3.05, 3.63) is 108 Å². The van der Waals surface area contributed by atoms with Crippen LogP contribution in [0.2, 0.25) is 0 Å². The van der Waals surface area contributed by atoms with Gasteiger partial charge in [-0.2, -0.15) is 0 Å². The van der Waals surface area contributed by atoms with Gasteiger partial charge in [-0.25, -0.2) is 0 Å². The van der Waals surface area contributed by atoms with Crippen molar-refractivity contribution in [1.82, 2.24) is 4.90 Å². The van der Waals surface area contributed by atoms with Gasteiger partial charge >= 0.3 is 0 Å². The summed E-state index contributed by atoms with van der Waals surface area (Å²) in [5.41, 5.74) is 3.20. The van der Waals surface area contributed by atoms with E-state index in [0.717, 1.165) is 16.7 Å². The molecule has 1 amide bonds. The van der Waals surface area contributed by atoms with Gasteiger partial charge in [0.25, 0.3) is 0 Å². The standard InChI is InChI=1S/C33H39NO6/c1-3-37-33(38-4-2)28-29-31(40-22-26-18-12-7-13-19-26)30(39-21-25-16-10-6-11-17-25)27(34(29)32(28)35)23-36-20-24-14-8-5-9-15-24/h5-19,27-31,33H,3-4,20-23H2,1-2H3/t27-,28-,29-,30+,31+/m0/s1. The van der Waals surface area contributed by atoms with Crippen molar-refractivity contribution >= 4 is 5.91 Å². The molecule has 2 heterocycles. The Morgan fingerprint density at radius 1 is 0.675 bits per heavy atom. The fourth-order valence-electron chi connectivity index (χ4n) is 5.72. The minimum atomic E-state index is -0.634. The van der Waals surface area contributed by atoms with Crippen LogP contribution in [0.4, 0.5) is 0 Å². The van der Waals surface area contributed by atoms with Crippen molar-refractivity contribution in [3.63, 3.8) is 0 Å². The first-order valence-corrected chi connectivity index (χ1v) is 14.2. The van der Waals surface area contributed by atoms with E-state index in [1.54, 1.807) is 0 Å². The monoisotopic (exact) mass is 545 g/mol. The fraction of sp³-hybridized carbons (Fsp3) is 0.424. The van der Waals surface area contributed by atoms with Gasteiger partial charge in [0.1, 0.15) is 18.1 Å². The smallest absolute Gasteiger partial charge is 0.233 e. The Morgan fingerprint density at radius 3 is 1.65 bits per heavy atom. The molecule has 2 saturated heterocycles. The summed E-state index contributed by atoms with van der Waals surface area (Å²) in [5.74, 6) is -0.480. The molecule has 3 aromatic carbocycles. The first kappa shape index (κ1) is 28.5. The normalized spacial score (nSPS) is 23.8. The van der Waals surface area contributed by atoms with Crippen molar-refractivity contribution in [1.29, 1.82) is 0 Å². The Balaban J connectivity index is 1.41. The number of nitrogens with zero attached hydrogens (tertiary/aromatic N) is 1. The highest BCUT2D eigenvalue weighted by molar-refractivity contribution is 5.88. The second-order valence-corrected chi connectivity index (χ2v) is 10.1. The molecule has 7 nitrogen and oxygen atoms in total. The Bertz CT molecular complexity index is 1170. The van der Waals surface area contributed by atoms with Crippen LogP contribution in [0.15, 0.2) is 91.0 Å². The lowest BCUT2D eigenvalue weighted by molar-refractivity contribution is -0.221. The number of fused-ring (bicyclic) bond motifs is 1. The Hall–Kier alpha value is -3.07. The average Bonchev–Trinajstić information content (AvgIpc) is 3.25. The number of hydrogen-bond acceptors (Lipinski definition) is 6. The maximum atomic E-state index is 13.7. The Morgan fingerprint density at radius 2 is 1.15 bits per heavy atom. The zero-order chi connectivity index (χ0) is 27.7. The Kier molecular flexibility index (Phi) is 9.97. The lowest BCUT2D eigenvalue weighted by Gasteiger charge is -2.48. The summed E-state index contributed by atoms with van der Waals surface area (Å²) < 4.78 is 31.3. The van der Waals surface area contributed by atoms with Crippen molar-refractivity contribution in [2.24, 2.45) is 5.92 Å². The highest BCUT2D eigenvalue weighted by atomic mass is 16.7. The molecular formula is C33H39NO6. The lowest BCUT2D eigenvalue weighted by atomic mass is 9.85. The second kappa shape index (κ2) is 14.0. The molecule has 0 spiro atoms. The van der Waals surface area contributed by atoms with Gasteiger partial charge in [0.15, 0.2) is 6.29 Å². The van der Waals surface area contributed by atoms with Gasteiger partial charge in [-0.05, 0) is 30.5 Å². The van der Waals surface area contributed by atoms with Crippen molar-refractivity contribution in [2.75, 3.05) is 19.8 Å². The third-order valence-electron chi connectivity index (χ3n) is 7.55. The number of ether oxygens (including phenoxy) is 5. The van der Waals surface area contributed by atoms with Gasteiger partial charge in [0.05, 0.1) is 38.5 Å². The van der Waals surface area contributed by atoms with E-state index in [1.165, 1.54) is 0 Å². The summed E-state index contributed by atoms with van der Waals surface area (Å²) in [4.78, 5) is 15.6. The largest absolute Gasteiger partial charge is 0.375 e. The van der Waals surface area contributed by atoms with Crippen molar-refractivity contribution in [2.45, 2.75) is 64.2 Å². The highest BCUT2D eigenvalue weighted by Crippen LogP contribution is 2.45. The molecule has 2 aliphatic heterocycles. The molecular weight excluding hydrogens is 506 g/mol. The maximum Gasteiger partial charge on any atom is 0.233 e. The number of β-lactam (4-membered cyclic amide) rings is 1. The topological polar surface area (TPSA) is 66.5 Å². The molecule has 3 aromatic rings. The molecule has 212 valence electrons. The summed E-state index contributed by atoms with van der Waals surface area (Å²) in [6, 6.07) is 29.6. The minimum absolute atomic E-state index is 0.00988. The summed E-state index contributed by atoms with van der Waals surface area (Å²) in [6.45, 7) is 6.34. The third-order valence-corrected chi connectivity index (χ3v) is 7.55. The molecule has 7 heteroatoms. The van der Waals surface area contributed by atoms with E-state index < -0.39 is 12.2 Å². The van der Waals surface area contributed by atoms with Crippen LogP contribution < -0.4 is 0 Å². The zero-order valence-electron chi connectivity index (χ0n) is 23.3. The minimum Gasteiger partial charge on any atom is -0.375 e. The quantitative estimate of drug-likeness (QED) is 0.198. The van der Waals surface area contributed by atoms with E-state index in [1.807, 2.05) is 110 Å². The van der Waals surface area contributed by atoms with E-state index in [2.05, 4.69) is 0 Å². The number of rotatable bonds is 15. The summed E-state index contributed by atoms with van der Waals surface area (Å²) in [7, 11) is 0. The van der Waals surface area contributed by atoms with E-state index in [4.69, 9.17) is 23.7 Å². The molecule has 0 aliphatic carbocycles. The van der Waals surface area contributed by atoms with Gasteiger partial charge in [-0.3, -0.25) is 4.79 Å². The molecule has 5 rings (SSSR count). The van der Waals surface area contributed by atoms with Crippen LogP contribution in [-0.2, 0) is 48.3 Å². The molecule has 40 heavy (non-hydrogen) atoms. The number of hydrogen-bond donors (Lipinski definition) is 0. The molecule has 5 atom stereocenters. The predicted octanol–water partition coefficient (Wildman–Crippen LogP) is 4.98. The molecule has 0 saturated carbocycles. The van der Waals surface area contributed by atoms with Crippen LogP contribution in [-0.4, -0.2) is 61.2 Å². The lowest BCUT2D eigenvalue weighted by Crippen LogP contribution is -2.67. The Labute approximate surface area is 236 Å². The summed E-state index contributed by atoms with van der Waals surface area (Å²) >= 11 is 0. The summed E-state index contributed by atoms with van der Waals surface area (Å²) in [6.07, 6.45) is -1.40. The van der Waals surface area contributed by atoms with Crippen LogP contribution in [0.3, 0.4) is 0 Å². The maximum absolute atomic E-state index is 13.7. The number of carbonyl (C=O) groups excluding carboxylic acids is 1. The number of carbonyl (C=O) groups is 1. The molecule has 0 aromatic heterocycles. The van der Waals surface area contributed by atoms with Gasteiger partial charge in [0, 0.05) is 13.2 Å². The molecule has 2 aliphatic rings. The first-order valence-electron chi connectivity index (χ1n) is 14.2. The van der Waals surface area contributed by atoms with Crippen molar-refractivity contribution < 1.29 is 28.5 Å². The van der Waals surface area contributed by atoms with Crippen LogP contribution in [0.5, 0.6) is 0 Å². The molecule has 0 unspecified atom stereocenters. The first-order chi connectivity index (χ1) is 19.7. The average molecular weight is 546 g/mol. The van der Waals surface area contributed by atoms with Crippen LogP contribution in [0, 0.1) is 5.92 Å². The van der Waals surface area contributed by atoms with Gasteiger partial charge < -0.3 is 28.6 Å². The van der Waals surface area contributed by atoms with E-state index in [-0.39, 0.29) is 30.2 Å². The van der Waals surface area contributed by atoms with E-state index in [9.17, 15) is 4.79 Å². The summed E-state index contributed by atoms with van der Waals surface area (Å²) in [5, 5.41) is 0. The highest BCUT2D eigenvalue weighted by Gasteiger charge is 2.66. The fourth-order valence-corrected chi connectivity index (χ4v) is 5.72. The SMILES string of the molecule is CCOC(OCC)[C@@H]1C(=O)N2[C@@H]1[C@@H](OCc1ccccc1)[C@H](OCc1ccccc1)[C@@H]2COCc1ccccc1. The van der Waals surface area contributed by atoms with Crippen molar-refractivity contribution in [3.8, 4) is 0 Å². The van der Waals surface area contributed by atoms with Gasteiger partial charge in [-0.15, -0.1) is 0 Å². The third kappa shape index (κ3) is 6.45. The van der Waals surface area contributed by atoms with Crippen LogP contribution >= 0.6 is 0 Å². The van der Waals surface area contributed by atoms with Crippen LogP contribution in [0.1, 0.15) is 30.5 Å². The number of benzene rings is 3. The van der Waals surface area contributed by atoms with E-state index >= 15 is 0 Å². The second-order valence-electron chi connectivity index (χ2n) is 10.1.